The summed E-state index contributed by atoms with van der Waals surface area (Å²) in [7, 11) is -3.47. The zero-order valence-corrected chi connectivity index (χ0v) is 15.5. The van der Waals surface area contributed by atoms with Gasteiger partial charge < -0.3 is 4.74 Å². The lowest BCUT2D eigenvalue weighted by Crippen LogP contribution is -2.44. The maximum Gasteiger partial charge on any atom is 0.250 e. The number of sulfonamides is 1. The number of nitrogens with one attached hydrogen (secondary N) is 1. The van der Waals surface area contributed by atoms with E-state index in [1.54, 1.807) is 6.07 Å². The highest BCUT2D eigenvalue weighted by Crippen LogP contribution is 2.34. The smallest absolute Gasteiger partial charge is 0.250 e. The van der Waals surface area contributed by atoms with Crippen molar-refractivity contribution in [2.45, 2.75) is 35.8 Å². The highest BCUT2D eigenvalue weighted by atomic mass is 32.2. The number of hydrogen-bond donors (Lipinski definition) is 1. The lowest BCUT2D eigenvalue weighted by molar-refractivity contribution is 0.0517. The Labute approximate surface area is 147 Å². The van der Waals surface area contributed by atoms with Crippen LogP contribution in [-0.4, -0.2) is 28.2 Å². The summed E-state index contributed by atoms with van der Waals surface area (Å²) in [4.78, 5) is 1.08. The van der Waals surface area contributed by atoms with Crippen molar-refractivity contribution in [2.24, 2.45) is 0 Å². The standard InChI is InChI=1S/C18H23NO3S2/c1-2-16-8-9-17(23-16)24(20,21)19-14-18(10-12-22-13-11-18)15-6-4-3-5-7-15/h3-9,19H,2,10-14H2,1H3. The molecule has 1 aliphatic rings. The van der Waals surface area contributed by atoms with Crippen molar-refractivity contribution in [1.82, 2.24) is 4.72 Å². The fourth-order valence-electron chi connectivity index (χ4n) is 3.12. The first kappa shape index (κ1) is 17.6. The molecule has 4 nitrogen and oxygen atoms in total. The van der Waals surface area contributed by atoms with Crippen molar-refractivity contribution in [3.63, 3.8) is 0 Å². The van der Waals surface area contributed by atoms with Crippen LogP contribution in [0.1, 0.15) is 30.2 Å². The number of ether oxygens (including phenoxy) is 1. The van der Waals surface area contributed by atoms with Crippen LogP contribution in [0, 0.1) is 0 Å². The Morgan fingerprint density at radius 2 is 1.83 bits per heavy atom. The first-order chi connectivity index (χ1) is 11.6. The first-order valence-corrected chi connectivity index (χ1v) is 10.6. The summed E-state index contributed by atoms with van der Waals surface area (Å²) in [6.45, 7) is 3.76. The van der Waals surface area contributed by atoms with Crippen LogP contribution in [0.25, 0.3) is 0 Å². The minimum atomic E-state index is -3.47. The quantitative estimate of drug-likeness (QED) is 0.854. The van der Waals surface area contributed by atoms with E-state index in [9.17, 15) is 8.42 Å². The molecule has 1 aromatic carbocycles. The topological polar surface area (TPSA) is 55.4 Å². The van der Waals surface area contributed by atoms with Gasteiger partial charge >= 0.3 is 0 Å². The molecule has 0 radical (unpaired) electrons. The molecular weight excluding hydrogens is 342 g/mol. The van der Waals surface area contributed by atoms with E-state index in [0.29, 0.717) is 24.0 Å². The Morgan fingerprint density at radius 3 is 2.46 bits per heavy atom. The lowest BCUT2D eigenvalue weighted by atomic mass is 9.74. The van der Waals surface area contributed by atoms with Crippen molar-refractivity contribution in [3.8, 4) is 0 Å². The predicted molar refractivity (Wildman–Crippen MR) is 97.1 cm³/mol. The Bertz CT molecular complexity index is 763. The van der Waals surface area contributed by atoms with Crippen LogP contribution in [0.3, 0.4) is 0 Å². The van der Waals surface area contributed by atoms with E-state index in [2.05, 4.69) is 16.9 Å². The molecule has 130 valence electrons. The number of benzene rings is 1. The summed E-state index contributed by atoms with van der Waals surface area (Å²) in [5, 5.41) is 0. The molecule has 1 aromatic heterocycles. The third kappa shape index (κ3) is 3.72. The largest absolute Gasteiger partial charge is 0.381 e. The minimum absolute atomic E-state index is 0.197. The molecule has 6 heteroatoms. The predicted octanol–water partition coefficient (Wildman–Crippen LogP) is 3.34. The molecule has 0 aliphatic carbocycles. The number of thiophene rings is 1. The van der Waals surface area contributed by atoms with Crippen molar-refractivity contribution in [2.75, 3.05) is 19.8 Å². The van der Waals surface area contributed by atoms with Gasteiger partial charge in [-0.2, -0.15) is 0 Å². The fourth-order valence-corrected chi connectivity index (χ4v) is 5.59. The molecular formula is C18H23NO3S2. The molecule has 0 spiro atoms. The Kier molecular flexibility index (Phi) is 5.39. The molecule has 1 saturated heterocycles. The average Bonchev–Trinajstić information content (AvgIpc) is 3.12. The molecule has 1 fully saturated rings. The van der Waals surface area contributed by atoms with Gasteiger partial charge in [-0.25, -0.2) is 13.1 Å². The Morgan fingerprint density at radius 1 is 1.12 bits per heavy atom. The van der Waals surface area contributed by atoms with Gasteiger partial charge in [0.25, 0.3) is 0 Å². The van der Waals surface area contributed by atoms with Gasteiger partial charge in [0.15, 0.2) is 0 Å². The highest BCUT2D eigenvalue weighted by molar-refractivity contribution is 7.91. The van der Waals surface area contributed by atoms with Gasteiger partial charge in [-0.1, -0.05) is 37.3 Å². The van der Waals surface area contributed by atoms with E-state index in [1.807, 2.05) is 31.2 Å². The van der Waals surface area contributed by atoms with Crippen LogP contribution < -0.4 is 4.72 Å². The van der Waals surface area contributed by atoms with Crippen LogP contribution in [-0.2, 0) is 26.6 Å². The summed E-state index contributed by atoms with van der Waals surface area (Å²) < 4.78 is 34.0. The second-order valence-electron chi connectivity index (χ2n) is 6.16. The van der Waals surface area contributed by atoms with E-state index in [1.165, 1.54) is 16.9 Å². The lowest BCUT2D eigenvalue weighted by Gasteiger charge is -2.37. The normalized spacial score (nSPS) is 17.7. The fraction of sp³-hybridized carbons (Fsp3) is 0.444. The minimum Gasteiger partial charge on any atom is -0.381 e. The summed E-state index contributed by atoms with van der Waals surface area (Å²) in [6, 6.07) is 13.8. The second-order valence-corrected chi connectivity index (χ2v) is 9.32. The molecule has 0 saturated carbocycles. The molecule has 2 heterocycles. The third-order valence-corrected chi connectivity index (χ3v) is 7.81. The van der Waals surface area contributed by atoms with Crippen molar-refractivity contribution in [1.29, 1.82) is 0 Å². The summed E-state index contributed by atoms with van der Waals surface area (Å²) in [6.07, 6.45) is 2.50. The van der Waals surface area contributed by atoms with Crippen LogP contribution in [0.2, 0.25) is 0 Å². The van der Waals surface area contributed by atoms with Gasteiger partial charge in [0, 0.05) is 30.1 Å². The van der Waals surface area contributed by atoms with E-state index in [-0.39, 0.29) is 5.41 Å². The van der Waals surface area contributed by atoms with Crippen molar-refractivity contribution < 1.29 is 13.2 Å². The summed E-state index contributed by atoms with van der Waals surface area (Å²) in [5.74, 6) is 0. The van der Waals surface area contributed by atoms with E-state index >= 15 is 0 Å². The van der Waals surface area contributed by atoms with E-state index < -0.39 is 10.0 Å². The molecule has 2 aromatic rings. The zero-order chi connectivity index (χ0) is 17.0. The average molecular weight is 366 g/mol. The van der Waals surface area contributed by atoms with Gasteiger partial charge in [-0.15, -0.1) is 11.3 Å². The molecule has 0 atom stereocenters. The van der Waals surface area contributed by atoms with Crippen LogP contribution >= 0.6 is 11.3 Å². The number of aryl methyl sites for hydroxylation is 1. The van der Waals surface area contributed by atoms with Gasteiger partial charge in [-0.05, 0) is 37.0 Å². The maximum absolute atomic E-state index is 12.6. The molecule has 0 bridgehead atoms. The second kappa shape index (κ2) is 7.35. The van der Waals surface area contributed by atoms with E-state index in [0.717, 1.165) is 24.1 Å². The molecule has 24 heavy (non-hydrogen) atoms. The number of hydrogen-bond acceptors (Lipinski definition) is 4. The molecule has 0 amide bonds. The van der Waals surface area contributed by atoms with Crippen molar-refractivity contribution in [3.05, 3.63) is 52.9 Å². The highest BCUT2D eigenvalue weighted by Gasteiger charge is 2.35. The monoisotopic (exact) mass is 365 g/mol. The van der Waals surface area contributed by atoms with Gasteiger partial charge in [-0.3, -0.25) is 0 Å². The van der Waals surface area contributed by atoms with Crippen molar-refractivity contribution >= 4 is 21.4 Å². The van der Waals surface area contributed by atoms with Crippen LogP contribution in [0.5, 0.6) is 0 Å². The molecule has 1 N–H and O–H groups in total. The zero-order valence-electron chi connectivity index (χ0n) is 13.8. The number of rotatable bonds is 6. The molecule has 0 unspecified atom stereocenters. The SMILES string of the molecule is CCc1ccc(S(=O)(=O)NCC2(c3ccccc3)CCOCC2)s1. The van der Waals surface area contributed by atoms with Crippen LogP contribution in [0.4, 0.5) is 0 Å². The van der Waals surface area contributed by atoms with Gasteiger partial charge in [0.1, 0.15) is 4.21 Å². The van der Waals surface area contributed by atoms with E-state index in [4.69, 9.17) is 4.74 Å². The molecule has 1 aliphatic heterocycles. The molecule has 3 rings (SSSR count). The first-order valence-electron chi connectivity index (χ1n) is 8.27. The third-order valence-electron chi connectivity index (χ3n) is 4.69. The Balaban J connectivity index is 1.81. The Hall–Kier alpha value is -1.21. The maximum atomic E-state index is 12.6. The van der Waals surface area contributed by atoms with Gasteiger partial charge in [0.05, 0.1) is 0 Å². The van der Waals surface area contributed by atoms with Gasteiger partial charge in [0.2, 0.25) is 10.0 Å². The summed E-state index contributed by atoms with van der Waals surface area (Å²) >= 11 is 1.35. The summed E-state index contributed by atoms with van der Waals surface area (Å²) in [5.41, 5.74) is 0.980. The van der Waals surface area contributed by atoms with Crippen LogP contribution in [0.15, 0.2) is 46.7 Å².